The second-order valence-electron chi connectivity index (χ2n) is 7.00. The van der Waals surface area contributed by atoms with Crippen molar-refractivity contribution < 1.29 is 4.79 Å². The number of carbonyl (C=O) groups is 1. The van der Waals surface area contributed by atoms with E-state index in [0.717, 1.165) is 31.0 Å². The molecule has 2 rings (SSSR count). The first-order valence-corrected chi connectivity index (χ1v) is 8.59. The van der Waals surface area contributed by atoms with E-state index in [0.29, 0.717) is 5.92 Å². The van der Waals surface area contributed by atoms with Crippen LogP contribution in [-0.4, -0.2) is 38.0 Å². The van der Waals surface area contributed by atoms with Crippen LogP contribution in [0, 0.1) is 5.92 Å². The van der Waals surface area contributed by atoms with Crippen LogP contribution in [0.4, 0.5) is 0 Å². The van der Waals surface area contributed by atoms with E-state index in [9.17, 15) is 4.79 Å². The number of hydrogen-bond acceptors (Lipinski definition) is 2. The molecular weight excluding hydrogens is 272 g/mol. The zero-order chi connectivity index (χ0) is 15.9. The van der Waals surface area contributed by atoms with Gasteiger partial charge in [-0.3, -0.25) is 4.79 Å². The van der Waals surface area contributed by atoms with Crippen molar-refractivity contribution in [2.75, 3.05) is 27.2 Å². The van der Waals surface area contributed by atoms with E-state index in [4.69, 9.17) is 0 Å². The van der Waals surface area contributed by atoms with Gasteiger partial charge in [0, 0.05) is 12.1 Å². The maximum Gasteiger partial charge on any atom is 0.251 e. The Hall–Kier alpha value is -1.35. The van der Waals surface area contributed by atoms with Crippen molar-refractivity contribution >= 4 is 5.91 Å². The van der Waals surface area contributed by atoms with Gasteiger partial charge >= 0.3 is 0 Å². The molecule has 0 aliphatic heterocycles. The van der Waals surface area contributed by atoms with Gasteiger partial charge in [0.05, 0.1) is 0 Å². The molecular formula is C19H30N2O. The molecule has 0 radical (unpaired) electrons. The van der Waals surface area contributed by atoms with Crippen LogP contribution in [0.5, 0.6) is 0 Å². The molecule has 1 fully saturated rings. The zero-order valence-electron chi connectivity index (χ0n) is 14.3. The molecule has 0 heterocycles. The minimum Gasteiger partial charge on any atom is -0.352 e. The van der Waals surface area contributed by atoms with Gasteiger partial charge in [-0.25, -0.2) is 0 Å². The molecule has 1 aromatic carbocycles. The molecule has 1 saturated carbocycles. The highest BCUT2D eigenvalue weighted by Gasteiger charge is 2.20. The molecule has 0 spiro atoms. The summed E-state index contributed by atoms with van der Waals surface area (Å²) in [5, 5.41) is 2.99. The molecule has 1 N–H and O–H groups in total. The van der Waals surface area contributed by atoms with Gasteiger partial charge in [0.15, 0.2) is 0 Å². The summed E-state index contributed by atoms with van der Waals surface area (Å²) in [5.74, 6) is 1.56. The van der Waals surface area contributed by atoms with E-state index in [1.54, 1.807) is 0 Å². The molecule has 0 aromatic heterocycles. The van der Waals surface area contributed by atoms with Gasteiger partial charge < -0.3 is 10.2 Å². The Balaban J connectivity index is 1.84. The molecule has 1 aromatic rings. The van der Waals surface area contributed by atoms with Crippen molar-refractivity contribution in [3.05, 3.63) is 35.4 Å². The maximum absolute atomic E-state index is 12.1. The molecule has 122 valence electrons. The summed E-state index contributed by atoms with van der Waals surface area (Å²) in [6, 6.07) is 8.26. The van der Waals surface area contributed by atoms with Crippen molar-refractivity contribution in [1.29, 1.82) is 0 Å². The third kappa shape index (κ3) is 5.13. The summed E-state index contributed by atoms with van der Waals surface area (Å²) >= 11 is 0. The van der Waals surface area contributed by atoms with Crippen LogP contribution in [0.15, 0.2) is 24.3 Å². The van der Waals surface area contributed by atoms with Crippen molar-refractivity contribution in [3.63, 3.8) is 0 Å². The summed E-state index contributed by atoms with van der Waals surface area (Å²) in [6.45, 7) is 4.08. The van der Waals surface area contributed by atoms with E-state index in [-0.39, 0.29) is 5.91 Å². The summed E-state index contributed by atoms with van der Waals surface area (Å²) < 4.78 is 0. The molecule has 3 heteroatoms. The van der Waals surface area contributed by atoms with Crippen LogP contribution in [-0.2, 0) is 0 Å². The number of hydrogen-bond donors (Lipinski definition) is 1. The lowest BCUT2D eigenvalue weighted by atomic mass is 9.79. The monoisotopic (exact) mass is 302 g/mol. The number of carbonyl (C=O) groups excluding carboxylic acids is 1. The summed E-state index contributed by atoms with van der Waals surface area (Å²) in [5.41, 5.74) is 2.17. The fourth-order valence-electron chi connectivity index (χ4n) is 3.34. The third-order valence-corrected chi connectivity index (χ3v) is 4.65. The standard InChI is InChI=1S/C19H30N2O/c1-15-6-4-7-18(14-15)16-8-10-17(11-9-16)19(22)20-12-5-13-21(2)3/h8-11,15,18H,4-7,12-14H2,1-3H3,(H,20,22). The van der Waals surface area contributed by atoms with Crippen molar-refractivity contribution in [2.24, 2.45) is 5.92 Å². The van der Waals surface area contributed by atoms with Gasteiger partial charge in [-0.2, -0.15) is 0 Å². The van der Waals surface area contributed by atoms with Crippen molar-refractivity contribution in [2.45, 2.75) is 44.9 Å². The fourth-order valence-corrected chi connectivity index (χ4v) is 3.34. The second kappa shape index (κ2) is 8.33. The highest BCUT2D eigenvalue weighted by Crippen LogP contribution is 2.35. The SMILES string of the molecule is CC1CCCC(c2ccc(C(=O)NCCCN(C)C)cc2)C1. The van der Waals surface area contributed by atoms with Crippen LogP contribution in [0.3, 0.4) is 0 Å². The van der Waals surface area contributed by atoms with Gasteiger partial charge in [-0.1, -0.05) is 31.9 Å². The van der Waals surface area contributed by atoms with E-state index in [1.807, 2.05) is 26.2 Å². The summed E-state index contributed by atoms with van der Waals surface area (Å²) in [4.78, 5) is 14.2. The Bertz CT molecular complexity index is 467. The Kier molecular flexibility index (Phi) is 6.44. The number of nitrogens with one attached hydrogen (secondary N) is 1. The van der Waals surface area contributed by atoms with Crippen molar-refractivity contribution in [1.82, 2.24) is 10.2 Å². The first-order chi connectivity index (χ1) is 10.6. The topological polar surface area (TPSA) is 32.3 Å². The minimum absolute atomic E-state index is 0.0438. The van der Waals surface area contributed by atoms with Gasteiger partial charge in [0.1, 0.15) is 0 Å². The second-order valence-corrected chi connectivity index (χ2v) is 7.00. The van der Waals surface area contributed by atoms with Crippen LogP contribution in [0.1, 0.15) is 60.9 Å². The van der Waals surface area contributed by atoms with Crippen molar-refractivity contribution in [3.8, 4) is 0 Å². The van der Waals surface area contributed by atoms with Crippen LogP contribution in [0.25, 0.3) is 0 Å². The average molecular weight is 302 g/mol. The number of amides is 1. The Morgan fingerprint density at radius 2 is 1.95 bits per heavy atom. The molecule has 0 bridgehead atoms. The van der Waals surface area contributed by atoms with Gasteiger partial charge in [0.25, 0.3) is 5.91 Å². The van der Waals surface area contributed by atoms with Gasteiger partial charge in [-0.15, -0.1) is 0 Å². The van der Waals surface area contributed by atoms with Crippen LogP contribution < -0.4 is 5.32 Å². The number of nitrogens with zero attached hydrogens (tertiary/aromatic N) is 1. The molecule has 1 aliphatic carbocycles. The quantitative estimate of drug-likeness (QED) is 0.813. The summed E-state index contributed by atoms with van der Waals surface area (Å²) in [6.07, 6.45) is 6.26. The Morgan fingerprint density at radius 3 is 2.59 bits per heavy atom. The predicted molar refractivity (Wildman–Crippen MR) is 92.3 cm³/mol. The van der Waals surface area contributed by atoms with Gasteiger partial charge in [0.2, 0.25) is 0 Å². The Morgan fingerprint density at radius 1 is 1.23 bits per heavy atom. The first-order valence-electron chi connectivity index (χ1n) is 8.59. The first kappa shape index (κ1) is 17.0. The maximum atomic E-state index is 12.1. The van der Waals surface area contributed by atoms with Crippen LogP contribution in [0.2, 0.25) is 0 Å². The number of benzene rings is 1. The highest BCUT2D eigenvalue weighted by molar-refractivity contribution is 5.94. The van der Waals surface area contributed by atoms with Crippen LogP contribution >= 0.6 is 0 Å². The smallest absolute Gasteiger partial charge is 0.251 e. The van der Waals surface area contributed by atoms with E-state index < -0.39 is 0 Å². The fraction of sp³-hybridized carbons (Fsp3) is 0.632. The molecule has 2 atom stereocenters. The predicted octanol–water partition coefficient (Wildman–Crippen LogP) is 3.66. The minimum atomic E-state index is 0.0438. The molecule has 0 saturated heterocycles. The molecule has 2 unspecified atom stereocenters. The van der Waals surface area contributed by atoms with E-state index in [2.05, 4.69) is 29.3 Å². The van der Waals surface area contributed by atoms with E-state index >= 15 is 0 Å². The lowest BCUT2D eigenvalue weighted by Crippen LogP contribution is -2.27. The summed E-state index contributed by atoms with van der Waals surface area (Å²) in [7, 11) is 4.10. The zero-order valence-corrected chi connectivity index (χ0v) is 14.3. The Labute approximate surface area is 135 Å². The largest absolute Gasteiger partial charge is 0.352 e. The number of rotatable bonds is 6. The lowest BCUT2D eigenvalue weighted by molar-refractivity contribution is 0.0952. The average Bonchev–Trinajstić information content (AvgIpc) is 2.51. The normalized spacial score (nSPS) is 21.8. The van der Waals surface area contributed by atoms with E-state index in [1.165, 1.54) is 31.2 Å². The molecule has 1 amide bonds. The molecule has 3 nitrogen and oxygen atoms in total. The third-order valence-electron chi connectivity index (χ3n) is 4.65. The van der Waals surface area contributed by atoms with Gasteiger partial charge in [-0.05, 0) is 69.4 Å². The highest BCUT2D eigenvalue weighted by atomic mass is 16.1. The molecule has 1 aliphatic rings. The molecule has 22 heavy (non-hydrogen) atoms. The lowest BCUT2D eigenvalue weighted by Gasteiger charge is -2.27.